The molecule has 1 atom stereocenters. The lowest BCUT2D eigenvalue weighted by Gasteiger charge is -2.11. The maximum Gasteiger partial charge on any atom is 0.314 e. The van der Waals surface area contributed by atoms with Gasteiger partial charge in [-0.05, 0) is 54.5 Å². The first-order valence-electron chi connectivity index (χ1n) is 12.9. The molecular weight excluding hydrogens is 492 g/mol. The van der Waals surface area contributed by atoms with Gasteiger partial charge in [-0.3, -0.25) is 4.79 Å². The monoisotopic (exact) mass is 520 g/mol. The van der Waals surface area contributed by atoms with Gasteiger partial charge in [0.05, 0.1) is 29.4 Å². The predicted octanol–water partition coefficient (Wildman–Crippen LogP) is 5.46. The molecule has 0 bridgehead atoms. The van der Waals surface area contributed by atoms with Gasteiger partial charge in [-0.2, -0.15) is 0 Å². The van der Waals surface area contributed by atoms with Crippen molar-refractivity contribution in [1.82, 2.24) is 20.2 Å². The van der Waals surface area contributed by atoms with Crippen LogP contribution < -0.4 is 0 Å². The SMILES string of the molecule is Cc1ccccc1Cn1cc(C(O)c2c(C)noc2-c2ccc(-c3ccc(C4(C(=O)O)CC4)cc3)cc2)nn1. The number of aromatic nitrogens is 4. The molecule has 2 N–H and O–H groups in total. The van der Waals surface area contributed by atoms with Crippen molar-refractivity contribution < 1.29 is 19.5 Å². The number of carboxylic acids is 1. The number of aliphatic hydroxyl groups excluding tert-OH is 1. The number of aryl methyl sites for hydroxylation is 2. The molecule has 1 saturated carbocycles. The highest BCUT2D eigenvalue weighted by molar-refractivity contribution is 5.85. The van der Waals surface area contributed by atoms with Crippen LogP contribution in [0.5, 0.6) is 0 Å². The zero-order valence-corrected chi connectivity index (χ0v) is 21.7. The van der Waals surface area contributed by atoms with E-state index in [1.807, 2.05) is 66.7 Å². The Bertz CT molecular complexity index is 1650. The Hall–Kier alpha value is -4.56. The molecule has 0 aliphatic heterocycles. The third kappa shape index (κ3) is 4.53. The largest absolute Gasteiger partial charge is 0.481 e. The molecule has 0 radical (unpaired) electrons. The quantitative estimate of drug-likeness (QED) is 0.279. The second-order valence-corrected chi connectivity index (χ2v) is 10.2. The van der Waals surface area contributed by atoms with Crippen LogP contribution in [-0.2, 0) is 16.8 Å². The first-order valence-corrected chi connectivity index (χ1v) is 12.9. The Morgan fingerprint density at radius 3 is 2.26 bits per heavy atom. The van der Waals surface area contributed by atoms with Gasteiger partial charge >= 0.3 is 5.97 Å². The molecule has 1 aliphatic carbocycles. The van der Waals surface area contributed by atoms with Gasteiger partial charge in [-0.1, -0.05) is 83.2 Å². The van der Waals surface area contributed by atoms with E-state index in [0.29, 0.717) is 42.1 Å². The number of nitrogens with zero attached hydrogens (tertiary/aromatic N) is 4. The van der Waals surface area contributed by atoms with Crippen molar-refractivity contribution >= 4 is 5.97 Å². The fourth-order valence-corrected chi connectivity index (χ4v) is 5.08. The van der Waals surface area contributed by atoms with Crippen LogP contribution in [0.3, 0.4) is 0 Å². The maximum absolute atomic E-state index is 11.6. The fraction of sp³-hybridized carbons (Fsp3) is 0.226. The first-order chi connectivity index (χ1) is 18.9. The van der Waals surface area contributed by atoms with Gasteiger partial charge < -0.3 is 14.7 Å². The summed E-state index contributed by atoms with van der Waals surface area (Å²) < 4.78 is 7.36. The van der Waals surface area contributed by atoms with Crippen LogP contribution >= 0.6 is 0 Å². The van der Waals surface area contributed by atoms with Crippen LogP contribution in [0.15, 0.2) is 83.5 Å². The van der Waals surface area contributed by atoms with Crippen LogP contribution in [0.4, 0.5) is 0 Å². The lowest BCUT2D eigenvalue weighted by atomic mass is 9.93. The molecule has 0 saturated heterocycles. The van der Waals surface area contributed by atoms with E-state index in [1.165, 1.54) is 5.56 Å². The van der Waals surface area contributed by atoms with E-state index >= 15 is 0 Å². The average molecular weight is 521 g/mol. The molecule has 2 heterocycles. The summed E-state index contributed by atoms with van der Waals surface area (Å²) >= 11 is 0. The van der Waals surface area contributed by atoms with Crippen molar-refractivity contribution in [2.24, 2.45) is 0 Å². The summed E-state index contributed by atoms with van der Waals surface area (Å²) in [5.41, 5.74) is 6.75. The van der Waals surface area contributed by atoms with Gasteiger partial charge in [-0.15, -0.1) is 5.10 Å². The maximum atomic E-state index is 11.6. The Morgan fingerprint density at radius 2 is 1.62 bits per heavy atom. The molecule has 8 heteroatoms. The van der Waals surface area contributed by atoms with Crippen molar-refractivity contribution in [1.29, 1.82) is 0 Å². The fourth-order valence-electron chi connectivity index (χ4n) is 5.08. The summed E-state index contributed by atoms with van der Waals surface area (Å²) in [6.45, 7) is 4.41. The Kier molecular flexibility index (Phi) is 6.12. The molecule has 1 fully saturated rings. The zero-order chi connectivity index (χ0) is 27.1. The molecule has 196 valence electrons. The van der Waals surface area contributed by atoms with Gasteiger partial charge in [0.2, 0.25) is 0 Å². The number of carbonyl (C=O) groups is 1. The van der Waals surface area contributed by atoms with Gasteiger partial charge in [0.15, 0.2) is 5.76 Å². The van der Waals surface area contributed by atoms with E-state index in [2.05, 4.69) is 28.5 Å². The van der Waals surface area contributed by atoms with Crippen molar-refractivity contribution in [2.75, 3.05) is 0 Å². The zero-order valence-electron chi connectivity index (χ0n) is 21.7. The van der Waals surface area contributed by atoms with Crippen molar-refractivity contribution in [3.8, 4) is 22.5 Å². The van der Waals surface area contributed by atoms with Crippen LogP contribution in [-0.4, -0.2) is 36.3 Å². The number of aliphatic carboxylic acids is 1. The van der Waals surface area contributed by atoms with Gasteiger partial charge in [0.1, 0.15) is 11.8 Å². The molecule has 39 heavy (non-hydrogen) atoms. The van der Waals surface area contributed by atoms with Crippen molar-refractivity contribution in [3.63, 3.8) is 0 Å². The van der Waals surface area contributed by atoms with Crippen molar-refractivity contribution in [3.05, 3.63) is 113 Å². The lowest BCUT2D eigenvalue weighted by Crippen LogP contribution is -2.19. The molecule has 0 spiro atoms. The summed E-state index contributed by atoms with van der Waals surface area (Å²) in [5, 5.41) is 33.4. The Labute approximate surface area is 225 Å². The van der Waals surface area contributed by atoms with E-state index in [9.17, 15) is 15.0 Å². The normalized spacial score (nSPS) is 14.7. The number of hydrogen-bond acceptors (Lipinski definition) is 6. The summed E-state index contributed by atoms with van der Waals surface area (Å²) in [6.07, 6.45) is 2.07. The minimum Gasteiger partial charge on any atom is -0.481 e. The molecule has 2 aromatic heterocycles. The van der Waals surface area contributed by atoms with Gasteiger partial charge in [0.25, 0.3) is 0 Å². The lowest BCUT2D eigenvalue weighted by molar-refractivity contribution is -0.140. The third-order valence-electron chi connectivity index (χ3n) is 7.69. The minimum absolute atomic E-state index is 0.419. The van der Waals surface area contributed by atoms with E-state index in [-0.39, 0.29) is 0 Å². The minimum atomic E-state index is -1.05. The van der Waals surface area contributed by atoms with Crippen LogP contribution in [0, 0.1) is 13.8 Å². The molecule has 6 rings (SSSR count). The highest BCUT2D eigenvalue weighted by Gasteiger charge is 2.51. The number of aliphatic hydroxyl groups is 1. The van der Waals surface area contributed by atoms with Crippen LogP contribution in [0.2, 0.25) is 0 Å². The molecule has 3 aromatic carbocycles. The number of carboxylic acid groups (broad SMARTS) is 1. The standard InChI is InChI=1S/C31H28N4O4/c1-19-5-3-4-6-24(19)17-35-18-26(32-34-35)28(36)27-20(2)33-39-29(27)23-9-7-21(8-10-23)22-11-13-25(14-12-22)31(15-16-31)30(37)38/h3-14,18,28,36H,15-17H2,1-2H3,(H,37,38). The van der Waals surface area contributed by atoms with E-state index in [0.717, 1.165) is 27.8 Å². The topological polar surface area (TPSA) is 114 Å². The van der Waals surface area contributed by atoms with Crippen LogP contribution in [0.1, 0.15) is 52.6 Å². The van der Waals surface area contributed by atoms with Gasteiger partial charge in [-0.25, -0.2) is 4.68 Å². The highest BCUT2D eigenvalue weighted by atomic mass is 16.5. The predicted molar refractivity (Wildman–Crippen MR) is 145 cm³/mol. The molecule has 1 unspecified atom stereocenters. The summed E-state index contributed by atoms with van der Waals surface area (Å²) in [5.74, 6) is -0.277. The second-order valence-electron chi connectivity index (χ2n) is 10.2. The number of hydrogen-bond donors (Lipinski definition) is 2. The molecule has 0 amide bonds. The van der Waals surface area contributed by atoms with E-state index in [4.69, 9.17) is 4.52 Å². The third-order valence-corrected chi connectivity index (χ3v) is 7.69. The Morgan fingerprint density at radius 1 is 0.974 bits per heavy atom. The molecular formula is C31H28N4O4. The second kappa shape index (κ2) is 9.63. The molecule has 1 aliphatic rings. The summed E-state index contributed by atoms with van der Waals surface area (Å²) in [6, 6.07) is 23.6. The molecule has 8 nitrogen and oxygen atoms in total. The van der Waals surface area contributed by atoms with Crippen LogP contribution in [0.25, 0.3) is 22.5 Å². The smallest absolute Gasteiger partial charge is 0.314 e. The van der Waals surface area contributed by atoms with E-state index < -0.39 is 17.5 Å². The number of rotatable bonds is 8. The highest BCUT2D eigenvalue weighted by Crippen LogP contribution is 2.48. The van der Waals surface area contributed by atoms with Crippen molar-refractivity contribution in [2.45, 2.75) is 44.8 Å². The summed E-state index contributed by atoms with van der Waals surface area (Å²) in [7, 11) is 0. The van der Waals surface area contributed by atoms with Gasteiger partial charge in [0, 0.05) is 5.56 Å². The molecule has 5 aromatic rings. The Balaban J connectivity index is 1.22. The summed E-state index contributed by atoms with van der Waals surface area (Å²) in [4.78, 5) is 11.6. The average Bonchev–Trinajstić information content (AvgIpc) is 3.49. The van der Waals surface area contributed by atoms with E-state index in [1.54, 1.807) is 17.8 Å². The first kappa shape index (κ1) is 24.8. The number of benzene rings is 3.